The van der Waals surface area contributed by atoms with E-state index in [4.69, 9.17) is 18.9 Å². The average molecular weight is 558 g/mol. The van der Waals surface area contributed by atoms with Crippen molar-refractivity contribution in [3.63, 3.8) is 0 Å². The van der Waals surface area contributed by atoms with Crippen LogP contribution >= 0.6 is 0 Å². The molecule has 1 fully saturated rings. The van der Waals surface area contributed by atoms with Crippen LogP contribution in [0.5, 0.6) is 11.5 Å². The van der Waals surface area contributed by atoms with Crippen LogP contribution < -0.4 is 14.8 Å². The summed E-state index contributed by atoms with van der Waals surface area (Å²) in [7, 11) is 0. The van der Waals surface area contributed by atoms with E-state index in [0.717, 1.165) is 29.5 Å². The first-order valence-electron chi connectivity index (χ1n) is 13.6. The lowest BCUT2D eigenvalue weighted by Gasteiger charge is -2.34. The van der Waals surface area contributed by atoms with Crippen LogP contribution in [0.2, 0.25) is 0 Å². The second-order valence-electron chi connectivity index (χ2n) is 11.6. The van der Waals surface area contributed by atoms with E-state index in [9.17, 15) is 24.3 Å². The zero-order valence-corrected chi connectivity index (χ0v) is 22.9. The number of hydrogen-bond acceptors (Lipinski definition) is 8. The fourth-order valence-corrected chi connectivity index (χ4v) is 5.53. The van der Waals surface area contributed by atoms with Crippen LogP contribution in [0.1, 0.15) is 63.1 Å². The van der Waals surface area contributed by atoms with Gasteiger partial charge >= 0.3 is 18.2 Å². The third kappa shape index (κ3) is 5.52. The number of alkyl carbamates (subject to hydrolysis) is 1. The van der Waals surface area contributed by atoms with Gasteiger partial charge in [0.15, 0.2) is 11.5 Å². The van der Waals surface area contributed by atoms with Crippen LogP contribution in [-0.2, 0) is 32.2 Å². The van der Waals surface area contributed by atoms with Gasteiger partial charge < -0.3 is 34.3 Å². The Balaban J connectivity index is 1.42. The monoisotopic (exact) mass is 557 g/mol. The maximum Gasteiger partial charge on any atom is 0.410 e. The largest absolute Gasteiger partial charge is 0.480 e. The smallest absolute Gasteiger partial charge is 0.410 e. The van der Waals surface area contributed by atoms with Gasteiger partial charge in [0, 0.05) is 18.5 Å². The molecule has 12 heteroatoms. The van der Waals surface area contributed by atoms with E-state index in [1.54, 1.807) is 25.7 Å². The quantitative estimate of drug-likeness (QED) is 0.532. The zero-order valence-electron chi connectivity index (χ0n) is 22.9. The number of carboxylic acid groups (broad SMARTS) is 1. The minimum atomic E-state index is -1.21. The van der Waals surface area contributed by atoms with E-state index >= 15 is 0 Å². The summed E-state index contributed by atoms with van der Waals surface area (Å²) >= 11 is 0. The fourth-order valence-electron chi connectivity index (χ4n) is 5.53. The van der Waals surface area contributed by atoms with Gasteiger partial charge in [0.05, 0.1) is 19.7 Å². The number of ether oxygens (including phenoxy) is 4. The summed E-state index contributed by atoms with van der Waals surface area (Å²) in [5, 5.41) is 12.5. The number of carbonyl (C=O) groups is 4. The Morgan fingerprint density at radius 2 is 1.90 bits per heavy atom. The summed E-state index contributed by atoms with van der Waals surface area (Å²) in [5.41, 5.74) is 1.97. The molecule has 0 spiro atoms. The first kappa shape index (κ1) is 27.6. The predicted octanol–water partition coefficient (Wildman–Crippen LogP) is 3.26. The number of nitrogens with one attached hydrogen (secondary N) is 1. The molecule has 3 amide bonds. The topological polar surface area (TPSA) is 144 Å². The lowest BCUT2D eigenvalue weighted by molar-refractivity contribution is -0.150. The molecule has 1 aromatic rings. The summed E-state index contributed by atoms with van der Waals surface area (Å²) in [6.45, 7) is 6.12. The first-order chi connectivity index (χ1) is 19.0. The maximum absolute atomic E-state index is 13.6. The van der Waals surface area contributed by atoms with E-state index in [1.165, 1.54) is 4.90 Å². The van der Waals surface area contributed by atoms with Crippen molar-refractivity contribution in [1.82, 2.24) is 15.1 Å². The lowest BCUT2D eigenvalue weighted by atomic mass is 9.85. The Kier molecular flexibility index (Phi) is 7.52. The molecule has 0 aliphatic carbocycles. The van der Waals surface area contributed by atoms with E-state index in [0.29, 0.717) is 31.0 Å². The van der Waals surface area contributed by atoms with Crippen molar-refractivity contribution in [3.05, 3.63) is 28.8 Å². The van der Waals surface area contributed by atoms with Crippen LogP contribution in [0.25, 0.3) is 6.08 Å². The molecule has 1 aromatic carbocycles. The molecule has 4 aliphatic heterocycles. The van der Waals surface area contributed by atoms with E-state index < -0.39 is 47.7 Å². The van der Waals surface area contributed by atoms with Crippen LogP contribution in [0.4, 0.5) is 9.59 Å². The van der Waals surface area contributed by atoms with Crippen LogP contribution in [-0.4, -0.2) is 77.1 Å². The van der Waals surface area contributed by atoms with Gasteiger partial charge in [0.2, 0.25) is 12.7 Å². The number of aliphatic carboxylic acids is 1. The second kappa shape index (κ2) is 10.9. The summed E-state index contributed by atoms with van der Waals surface area (Å²) in [5.74, 6) is -0.521. The molecule has 3 atom stereocenters. The van der Waals surface area contributed by atoms with Gasteiger partial charge in [-0.2, -0.15) is 0 Å². The van der Waals surface area contributed by atoms with Crippen molar-refractivity contribution in [3.8, 4) is 11.5 Å². The maximum atomic E-state index is 13.6. The van der Waals surface area contributed by atoms with Crippen molar-refractivity contribution in [2.45, 2.75) is 77.7 Å². The van der Waals surface area contributed by atoms with Crippen molar-refractivity contribution < 1.29 is 43.2 Å². The molecule has 0 saturated carbocycles. The number of allylic oxidation sites excluding steroid dienone is 1. The SMILES string of the molecule is CC(C)(C)[C@@H]1NC(=O)OCCCCC=Cc2c3c(cc4c2OCO4)CN(C3)C(=O)O[C@@H]2CC(C(=O)O)N(C2)C1=O. The van der Waals surface area contributed by atoms with Gasteiger partial charge in [-0.1, -0.05) is 32.9 Å². The molecule has 0 radical (unpaired) electrons. The molecule has 5 rings (SSSR count). The third-order valence-corrected chi connectivity index (χ3v) is 7.63. The fraction of sp³-hybridized carbons (Fsp3) is 0.571. The number of benzene rings is 1. The van der Waals surface area contributed by atoms with Crippen molar-refractivity contribution in [1.29, 1.82) is 0 Å². The van der Waals surface area contributed by atoms with Gasteiger partial charge in [0.1, 0.15) is 18.2 Å². The summed E-state index contributed by atoms with van der Waals surface area (Å²) in [6, 6.07) is -0.364. The molecule has 40 heavy (non-hydrogen) atoms. The van der Waals surface area contributed by atoms with E-state index in [-0.39, 0.29) is 26.4 Å². The Morgan fingerprint density at radius 3 is 2.65 bits per heavy atom. The normalized spacial score (nSPS) is 25.4. The standard InChI is InChI=1S/C28H35N3O9/c1-28(2,3)23-24(32)31-13-17(11-20(31)25(33)34)40-27(36)30-12-16-10-21-22(39-15-38-21)18(19(16)14-30)8-6-4-5-7-9-37-26(35)29-23/h6,8,10,17,20,23H,4-5,7,9,11-15H2,1-3H3,(H,29,35)(H,33,34)/t17-,20?,23-/m1/s1. The van der Waals surface area contributed by atoms with Crippen LogP contribution in [0.3, 0.4) is 0 Å². The molecule has 4 aliphatic rings. The number of carbonyl (C=O) groups excluding carboxylic acids is 3. The van der Waals surface area contributed by atoms with Gasteiger partial charge in [-0.25, -0.2) is 14.4 Å². The highest BCUT2D eigenvalue weighted by molar-refractivity contribution is 5.90. The number of carboxylic acids is 1. The van der Waals surface area contributed by atoms with E-state index in [1.807, 2.05) is 18.2 Å². The van der Waals surface area contributed by atoms with Gasteiger partial charge in [-0.05, 0) is 41.9 Å². The summed E-state index contributed by atoms with van der Waals surface area (Å²) < 4.78 is 22.4. The van der Waals surface area contributed by atoms with Crippen LogP contribution in [0.15, 0.2) is 12.1 Å². The van der Waals surface area contributed by atoms with Gasteiger partial charge in [0.25, 0.3) is 0 Å². The first-order valence-corrected chi connectivity index (χ1v) is 13.6. The molecule has 12 nitrogen and oxygen atoms in total. The Hall–Kier alpha value is -3.96. The number of nitrogens with zero attached hydrogens (tertiary/aromatic N) is 2. The molecule has 1 saturated heterocycles. The molecule has 4 heterocycles. The minimum Gasteiger partial charge on any atom is -0.480 e. The Labute approximate surface area is 232 Å². The third-order valence-electron chi connectivity index (χ3n) is 7.63. The molecule has 1 unspecified atom stereocenters. The minimum absolute atomic E-state index is 0.0567. The molecule has 216 valence electrons. The van der Waals surface area contributed by atoms with Crippen LogP contribution in [0, 0.1) is 5.41 Å². The molecule has 4 bridgehead atoms. The molecule has 2 N–H and O–H groups in total. The number of cyclic esters (lactones) is 1. The van der Waals surface area contributed by atoms with Gasteiger partial charge in [-0.15, -0.1) is 0 Å². The Morgan fingerprint density at radius 1 is 1.10 bits per heavy atom. The number of fused-ring (bicyclic) bond motifs is 5. The molecule has 0 aromatic heterocycles. The van der Waals surface area contributed by atoms with Gasteiger partial charge in [-0.3, -0.25) is 9.69 Å². The highest BCUT2D eigenvalue weighted by Crippen LogP contribution is 2.43. The summed E-state index contributed by atoms with van der Waals surface area (Å²) in [4.78, 5) is 54.3. The number of rotatable bonds is 1. The molecular weight excluding hydrogens is 522 g/mol. The van der Waals surface area contributed by atoms with E-state index in [2.05, 4.69) is 5.32 Å². The highest BCUT2D eigenvalue weighted by Gasteiger charge is 2.47. The second-order valence-corrected chi connectivity index (χ2v) is 11.6. The lowest BCUT2D eigenvalue weighted by Crippen LogP contribution is -2.57. The average Bonchev–Trinajstić information content (AvgIpc) is 3.62. The van der Waals surface area contributed by atoms with Crippen molar-refractivity contribution >= 4 is 30.1 Å². The summed E-state index contributed by atoms with van der Waals surface area (Å²) in [6.07, 6.45) is 3.87. The number of hydrogen-bond donors (Lipinski definition) is 2. The Bertz CT molecular complexity index is 1240. The van der Waals surface area contributed by atoms with Crippen molar-refractivity contribution in [2.24, 2.45) is 5.41 Å². The molecular formula is C28H35N3O9. The predicted molar refractivity (Wildman–Crippen MR) is 140 cm³/mol. The zero-order chi connectivity index (χ0) is 28.6. The number of amides is 3. The highest BCUT2D eigenvalue weighted by atomic mass is 16.7. The van der Waals surface area contributed by atoms with Crippen molar-refractivity contribution in [2.75, 3.05) is 19.9 Å².